The second-order valence-electron chi connectivity index (χ2n) is 6.01. The van der Waals surface area contributed by atoms with E-state index in [0.717, 1.165) is 37.0 Å². The molecule has 2 aliphatic heterocycles. The van der Waals surface area contributed by atoms with Gasteiger partial charge in [0, 0.05) is 36.5 Å². The van der Waals surface area contributed by atoms with Crippen LogP contribution in [-0.2, 0) is 0 Å². The van der Waals surface area contributed by atoms with E-state index >= 15 is 0 Å². The van der Waals surface area contributed by atoms with Gasteiger partial charge in [-0.2, -0.15) is 11.3 Å². The minimum absolute atomic E-state index is 0.188. The number of ether oxygens (including phenoxy) is 1. The van der Waals surface area contributed by atoms with Crippen molar-refractivity contribution in [2.45, 2.75) is 43.9 Å². The fraction of sp³-hybridized carbons (Fsp3) is 0.412. The highest BCUT2D eigenvalue weighted by Crippen LogP contribution is 2.38. The van der Waals surface area contributed by atoms with Crippen LogP contribution in [0.2, 0.25) is 0 Å². The highest BCUT2D eigenvalue weighted by Gasteiger charge is 2.44. The Bertz CT molecular complexity index is 630. The summed E-state index contributed by atoms with van der Waals surface area (Å²) >= 11 is 1.58. The molecule has 0 aliphatic carbocycles. The van der Waals surface area contributed by atoms with E-state index in [1.807, 2.05) is 29.0 Å². The van der Waals surface area contributed by atoms with Crippen molar-refractivity contribution >= 4 is 17.2 Å². The maximum atomic E-state index is 12.7. The van der Waals surface area contributed by atoms with Crippen LogP contribution in [0.3, 0.4) is 0 Å². The number of carbonyl (C=O) groups is 1. The predicted octanol–water partition coefficient (Wildman–Crippen LogP) is 3.36. The molecule has 2 aromatic heterocycles. The van der Waals surface area contributed by atoms with Gasteiger partial charge in [-0.05, 0) is 36.4 Å². The van der Waals surface area contributed by atoms with Crippen molar-refractivity contribution in [3.8, 4) is 5.75 Å². The standard InChI is InChI=1S/C17H18N2O2S/c20-17(12-5-7-22-11-12)19-13-3-4-14(19)9-16(8-13)21-15-2-1-6-18-10-15/h1-2,5-7,10-11,13-14,16H,3-4,8-9H2/t13-,14-/m0/s1. The van der Waals surface area contributed by atoms with Crippen molar-refractivity contribution in [2.24, 2.45) is 0 Å². The molecule has 0 unspecified atom stereocenters. The van der Waals surface area contributed by atoms with Gasteiger partial charge in [-0.25, -0.2) is 0 Å². The zero-order valence-corrected chi connectivity index (χ0v) is 13.0. The van der Waals surface area contributed by atoms with Gasteiger partial charge in [-0.15, -0.1) is 0 Å². The van der Waals surface area contributed by atoms with E-state index in [1.165, 1.54) is 0 Å². The first kappa shape index (κ1) is 13.8. The first-order chi connectivity index (χ1) is 10.8. The summed E-state index contributed by atoms with van der Waals surface area (Å²) in [5, 5.41) is 3.91. The van der Waals surface area contributed by atoms with Gasteiger partial charge in [-0.1, -0.05) is 0 Å². The number of carbonyl (C=O) groups excluding carboxylic acids is 1. The van der Waals surface area contributed by atoms with Gasteiger partial charge in [0.15, 0.2) is 0 Å². The summed E-state index contributed by atoms with van der Waals surface area (Å²) in [4.78, 5) is 18.9. The molecule has 0 spiro atoms. The molecule has 5 heteroatoms. The predicted molar refractivity (Wildman–Crippen MR) is 85.2 cm³/mol. The topological polar surface area (TPSA) is 42.4 Å². The van der Waals surface area contributed by atoms with Crippen molar-refractivity contribution in [1.82, 2.24) is 9.88 Å². The first-order valence-electron chi connectivity index (χ1n) is 7.73. The highest BCUT2D eigenvalue weighted by atomic mass is 32.1. The molecule has 0 saturated carbocycles. The van der Waals surface area contributed by atoms with E-state index in [-0.39, 0.29) is 12.0 Å². The highest BCUT2D eigenvalue weighted by molar-refractivity contribution is 7.08. The van der Waals surface area contributed by atoms with Crippen molar-refractivity contribution in [2.75, 3.05) is 0 Å². The lowest BCUT2D eigenvalue weighted by molar-refractivity contribution is 0.0358. The van der Waals surface area contributed by atoms with Gasteiger partial charge in [0.2, 0.25) is 0 Å². The minimum Gasteiger partial charge on any atom is -0.489 e. The van der Waals surface area contributed by atoms with E-state index < -0.39 is 0 Å². The molecule has 22 heavy (non-hydrogen) atoms. The molecule has 4 nitrogen and oxygen atoms in total. The van der Waals surface area contributed by atoms with Crippen molar-refractivity contribution < 1.29 is 9.53 Å². The van der Waals surface area contributed by atoms with Crippen LogP contribution in [0, 0.1) is 0 Å². The van der Waals surface area contributed by atoms with Crippen molar-refractivity contribution in [1.29, 1.82) is 0 Å². The third kappa shape index (κ3) is 2.50. The maximum absolute atomic E-state index is 12.7. The molecule has 0 N–H and O–H groups in total. The smallest absolute Gasteiger partial charge is 0.255 e. The third-order valence-electron chi connectivity index (χ3n) is 4.63. The average molecular weight is 314 g/mol. The number of piperidine rings is 1. The molecule has 0 aromatic carbocycles. The van der Waals surface area contributed by atoms with E-state index in [2.05, 4.69) is 9.88 Å². The van der Waals surface area contributed by atoms with Gasteiger partial charge < -0.3 is 9.64 Å². The number of pyridine rings is 1. The first-order valence-corrected chi connectivity index (χ1v) is 8.67. The van der Waals surface area contributed by atoms with Crippen molar-refractivity contribution in [3.05, 3.63) is 46.9 Å². The van der Waals surface area contributed by atoms with Crippen molar-refractivity contribution in [3.63, 3.8) is 0 Å². The van der Waals surface area contributed by atoms with Crippen LogP contribution in [0.15, 0.2) is 41.4 Å². The Morgan fingerprint density at radius 1 is 1.27 bits per heavy atom. The Kier molecular flexibility index (Phi) is 3.58. The molecular weight excluding hydrogens is 296 g/mol. The molecule has 2 fully saturated rings. The summed E-state index contributed by atoms with van der Waals surface area (Å²) in [6, 6.07) is 6.38. The zero-order valence-electron chi connectivity index (χ0n) is 12.2. The molecule has 1 amide bonds. The van der Waals surface area contributed by atoms with Gasteiger partial charge in [-0.3, -0.25) is 9.78 Å². The second-order valence-corrected chi connectivity index (χ2v) is 6.79. The molecule has 2 atom stereocenters. The quantitative estimate of drug-likeness (QED) is 0.872. The fourth-order valence-electron chi connectivity index (χ4n) is 3.70. The van der Waals surface area contributed by atoms with Crippen LogP contribution in [-0.4, -0.2) is 34.0 Å². The van der Waals surface area contributed by atoms with Crippen LogP contribution < -0.4 is 4.74 Å². The minimum atomic E-state index is 0.188. The number of aromatic nitrogens is 1. The Morgan fingerprint density at radius 2 is 2.09 bits per heavy atom. The fourth-order valence-corrected chi connectivity index (χ4v) is 4.33. The lowest BCUT2D eigenvalue weighted by Crippen LogP contribution is -2.49. The maximum Gasteiger partial charge on any atom is 0.255 e. The van der Waals surface area contributed by atoms with Crippen LogP contribution in [0.25, 0.3) is 0 Å². The van der Waals surface area contributed by atoms with Gasteiger partial charge in [0.25, 0.3) is 5.91 Å². The zero-order chi connectivity index (χ0) is 14.9. The van der Waals surface area contributed by atoms with E-state index in [0.29, 0.717) is 12.1 Å². The molecular formula is C17H18N2O2S. The number of nitrogens with zero attached hydrogens (tertiary/aromatic N) is 2. The van der Waals surface area contributed by atoms with Crippen LogP contribution in [0.4, 0.5) is 0 Å². The molecule has 4 rings (SSSR count). The van der Waals surface area contributed by atoms with E-state index in [9.17, 15) is 4.79 Å². The molecule has 2 bridgehead atoms. The number of amides is 1. The van der Waals surface area contributed by atoms with Crippen LogP contribution >= 0.6 is 11.3 Å². The van der Waals surface area contributed by atoms with E-state index in [4.69, 9.17) is 4.74 Å². The molecule has 4 heterocycles. The van der Waals surface area contributed by atoms with E-state index in [1.54, 1.807) is 23.7 Å². The number of fused-ring (bicyclic) bond motifs is 2. The largest absolute Gasteiger partial charge is 0.489 e. The van der Waals surface area contributed by atoms with Gasteiger partial charge >= 0.3 is 0 Å². The third-order valence-corrected chi connectivity index (χ3v) is 5.31. The van der Waals surface area contributed by atoms with Crippen LogP contribution in [0.1, 0.15) is 36.0 Å². The average Bonchev–Trinajstić information content (AvgIpc) is 3.15. The Labute approximate surface area is 133 Å². The molecule has 2 aromatic rings. The number of thiophene rings is 1. The summed E-state index contributed by atoms with van der Waals surface area (Å²) < 4.78 is 6.06. The molecule has 2 saturated heterocycles. The van der Waals surface area contributed by atoms with Crippen LogP contribution in [0.5, 0.6) is 5.75 Å². The Hall–Kier alpha value is -1.88. The summed E-state index contributed by atoms with van der Waals surface area (Å²) in [7, 11) is 0. The molecule has 2 aliphatic rings. The lowest BCUT2D eigenvalue weighted by atomic mass is 9.98. The Morgan fingerprint density at radius 3 is 2.73 bits per heavy atom. The molecule has 114 valence electrons. The summed E-state index contributed by atoms with van der Waals surface area (Å²) in [6.45, 7) is 0. The number of hydrogen-bond acceptors (Lipinski definition) is 4. The summed E-state index contributed by atoms with van der Waals surface area (Å²) in [5.41, 5.74) is 0.827. The lowest BCUT2D eigenvalue weighted by Gasteiger charge is -2.38. The SMILES string of the molecule is O=C(c1ccsc1)N1[C@H]2CC[C@H]1CC(Oc1cccnc1)C2. The summed E-state index contributed by atoms with van der Waals surface area (Å²) in [5.74, 6) is 1.01. The van der Waals surface area contributed by atoms with Gasteiger partial charge in [0.05, 0.1) is 11.8 Å². The summed E-state index contributed by atoms with van der Waals surface area (Å²) in [6.07, 6.45) is 7.71. The number of hydrogen-bond donors (Lipinski definition) is 0. The Balaban J connectivity index is 1.47. The normalized spacial score (nSPS) is 26.9. The number of rotatable bonds is 3. The second kappa shape index (κ2) is 5.72. The molecule has 0 radical (unpaired) electrons. The van der Waals surface area contributed by atoms with Gasteiger partial charge in [0.1, 0.15) is 11.9 Å². The monoisotopic (exact) mass is 314 g/mol.